The fourth-order valence-corrected chi connectivity index (χ4v) is 1.64. The van der Waals surface area contributed by atoms with Gasteiger partial charge in [0.15, 0.2) is 0 Å². The van der Waals surface area contributed by atoms with Crippen molar-refractivity contribution < 1.29 is 9.59 Å². The van der Waals surface area contributed by atoms with E-state index >= 15 is 0 Å². The number of amides is 2. The van der Waals surface area contributed by atoms with Gasteiger partial charge in [-0.3, -0.25) is 9.59 Å². The van der Waals surface area contributed by atoms with Crippen molar-refractivity contribution in [2.75, 3.05) is 13.1 Å². The normalized spacial score (nSPS) is 22.3. The van der Waals surface area contributed by atoms with E-state index in [-0.39, 0.29) is 24.4 Å². The smallest absolute Gasteiger partial charge is 0.245 e. The lowest BCUT2D eigenvalue weighted by Crippen LogP contribution is -2.57. The van der Waals surface area contributed by atoms with Crippen LogP contribution in [0.3, 0.4) is 0 Å². The van der Waals surface area contributed by atoms with E-state index in [4.69, 9.17) is 0 Å². The quantitative estimate of drug-likeness (QED) is 0.694. The number of piperazine rings is 1. The molecule has 1 rings (SSSR count). The monoisotopic (exact) mass is 210 g/mol. The Morgan fingerprint density at radius 2 is 2.27 bits per heavy atom. The molecule has 0 spiro atoms. The Labute approximate surface area is 90.3 Å². The zero-order valence-corrected chi connectivity index (χ0v) is 9.32. The molecule has 1 saturated heterocycles. The second kappa shape index (κ2) is 5.53. The van der Waals surface area contributed by atoms with Crippen molar-refractivity contribution in [1.29, 1.82) is 0 Å². The van der Waals surface area contributed by atoms with E-state index in [1.165, 1.54) is 0 Å². The molecule has 1 heterocycles. The number of carbonyl (C=O) groups excluding carboxylic acids is 2. The van der Waals surface area contributed by atoms with Gasteiger partial charge in [0.2, 0.25) is 11.8 Å². The first-order valence-corrected chi connectivity index (χ1v) is 5.38. The molecule has 0 bridgehead atoms. The standard InChI is InChI=1S/C11H18N2O2/c1-3-5-6-7-13-8-10(14)12-9(4-2)11(13)15/h3,5,9H,4,6-8H2,1-2H3,(H,12,14)/b5-3+. The highest BCUT2D eigenvalue weighted by Gasteiger charge is 2.30. The molecular weight excluding hydrogens is 192 g/mol. The molecule has 1 unspecified atom stereocenters. The third-order valence-electron chi connectivity index (χ3n) is 2.49. The first-order chi connectivity index (χ1) is 7.19. The summed E-state index contributed by atoms with van der Waals surface area (Å²) in [7, 11) is 0. The van der Waals surface area contributed by atoms with Gasteiger partial charge in [-0.25, -0.2) is 0 Å². The Hall–Kier alpha value is -1.32. The predicted octanol–water partition coefficient (Wildman–Crippen LogP) is 0.690. The van der Waals surface area contributed by atoms with Crippen molar-refractivity contribution in [2.45, 2.75) is 32.7 Å². The Bertz CT molecular complexity index is 274. The molecule has 0 radical (unpaired) electrons. The number of nitrogens with one attached hydrogen (secondary N) is 1. The van der Waals surface area contributed by atoms with Crippen LogP contribution in [0, 0.1) is 0 Å². The van der Waals surface area contributed by atoms with Crippen LogP contribution in [0.1, 0.15) is 26.7 Å². The van der Waals surface area contributed by atoms with Crippen molar-refractivity contribution in [2.24, 2.45) is 0 Å². The highest BCUT2D eigenvalue weighted by molar-refractivity contribution is 5.94. The minimum Gasteiger partial charge on any atom is -0.343 e. The zero-order chi connectivity index (χ0) is 11.3. The summed E-state index contributed by atoms with van der Waals surface area (Å²) in [5.74, 6) is -0.0106. The van der Waals surface area contributed by atoms with Gasteiger partial charge < -0.3 is 10.2 Å². The summed E-state index contributed by atoms with van der Waals surface area (Å²) in [6.45, 7) is 4.68. The minimum absolute atomic E-state index is 0.0432. The number of carbonyl (C=O) groups is 2. The van der Waals surface area contributed by atoms with Crippen LogP contribution in [-0.4, -0.2) is 35.8 Å². The van der Waals surface area contributed by atoms with Crippen LogP contribution >= 0.6 is 0 Å². The minimum atomic E-state index is -0.322. The molecule has 15 heavy (non-hydrogen) atoms. The topological polar surface area (TPSA) is 49.4 Å². The molecule has 1 aliphatic heterocycles. The second-order valence-electron chi connectivity index (χ2n) is 3.65. The molecule has 2 amide bonds. The summed E-state index contributed by atoms with van der Waals surface area (Å²) in [6, 6.07) is -0.322. The van der Waals surface area contributed by atoms with Crippen LogP contribution in [0.5, 0.6) is 0 Å². The van der Waals surface area contributed by atoms with Gasteiger partial charge in [0, 0.05) is 6.54 Å². The second-order valence-corrected chi connectivity index (χ2v) is 3.65. The molecule has 0 aromatic rings. The van der Waals surface area contributed by atoms with Gasteiger partial charge >= 0.3 is 0 Å². The van der Waals surface area contributed by atoms with E-state index in [1.807, 2.05) is 26.0 Å². The van der Waals surface area contributed by atoms with Gasteiger partial charge in [0.25, 0.3) is 0 Å². The summed E-state index contributed by atoms with van der Waals surface area (Å²) in [5, 5.41) is 2.69. The Kier molecular flexibility index (Phi) is 4.34. The summed E-state index contributed by atoms with van der Waals surface area (Å²) in [4.78, 5) is 24.7. The molecule has 0 saturated carbocycles. The van der Waals surface area contributed by atoms with E-state index in [0.29, 0.717) is 13.0 Å². The van der Waals surface area contributed by atoms with Crippen molar-refractivity contribution in [3.05, 3.63) is 12.2 Å². The van der Waals surface area contributed by atoms with Crippen molar-refractivity contribution >= 4 is 11.8 Å². The number of allylic oxidation sites excluding steroid dienone is 1. The molecular formula is C11H18N2O2. The molecule has 4 nitrogen and oxygen atoms in total. The Morgan fingerprint density at radius 3 is 2.87 bits per heavy atom. The number of nitrogens with zero attached hydrogens (tertiary/aromatic N) is 1. The molecule has 0 aromatic heterocycles. The summed E-state index contributed by atoms with van der Waals surface area (Å²) in [6.07, 6.45) is 5.42. The third kappa shape index (κ3) is 3.08. The van der Waals surface area contributed by atoms with Crippen LogP contribution in [0.2, 0.25) is 0 Å². The molecule has 84 valence electrons. The molecule has 1 aliphatic rings. The molecule has 0 aromatic carbocycles. The van der Waals surface area contributed by atoms with E-state index in [2.05, 4.69) is 5.32 Å². The fourth-order valence-electron chi connectivity index (χ4n) is 1.64. The van der Waals surface area contributed by atoms with Crippen LogP contribution in [-0.2, 0) is 9.59 Å². The van der Waals surface area contributed by atoms with Gasteiger partial charge in [-0.2, -0.15) is 0 Å². The number of hydrogen-bond donors (Lipinski definition) is 1. The largest absolute Gasteiger partial charge is 0.343 e. The lowest BCUT2D eigenvalue weighted by molar-refractivity contribution is -0.144. The van der Waals surface area contributed by atoms with Gasteiger partial charge in [-0.1, -0.05) is 19.1 Å². The summed E-state index contributed by atoms with van der Waals surface area (Å²) < 4.78 is 0. The maximum atomic E-state index is 11.8. The molecule has 1 N–H and O–H groups in total. The Balaban J connectivity index is 2.54. The third-order valence-corrected chi connectivity index (χ3v) is 2.49. The highest BCUT2D eigenvalue weighted by Crippen LogP contribution is 2.06. The average molecular weight is 210 g/mol. The maximum Gasteiger partial charge on any atom is 0.245 e. The zero-order valence-electron chi connectivity index (χ0n) is 9.32. The van der Waals surface area contributed by atoms with E-state index in [9.17, 15) is 9.59 Å². The Morgan fingerprint density at radius 1 is 1.53 bits per heavy atom. The number of hydrogen-bond acceptors (Lipinski definition) is 2. The van der Waals surface area contributed by atoms with Gasteiger partial charge in [0.1, 0.15) is 6.04 Å². The van der Waals surface area contributed by atoms with E-state index in [0.717, 1.165) is 6.42 Å². The van der Waals surface area contributed by atoms with Gasteiger partial charge in [-0.05, 0) is 19.8 Å². The SMILES string of the molecule is C/C=C/CCN1CC(=O)NC(CC)C1=O. The first-order valence-electron chi connectivity index (χ1n) is 5.38. The van der Waals surface area contributed by atoms with Crippen LogP contribution in [0.4, 0.5) is 0 Å². The van der Waals surface area contributed by atoms with Crippen LogP contribution in [0.15, 0.2) is 12.2 Å². The molecule has 0 aliphatic carbocycles. The summed E-state index contributed by atoms with van der Waals surface area (Å²) in [5.41, 5.74) is 0. The lowest BCUT2D eigenvalue weighted by Gasteiger charge is -2.31. The average Bonchev–Trinajstić information content (AvgIpc) is 2.23. The molecule has 1 fully saturated rings. The first kappa shape index (κ1) is 11.8. The van der Waals surface area contributed by atoms with Gasteiger partial charge in [-0.15, -0.1) is 0 Å². The van der Waals surface area contributed by atoms with E-state index < -0.39 is 0 Å². The maximum absolute atomic E-state index is 11.8. The van der Waals surface area contributed by atoms with Crippen molar-refractivity contribution in [1.82, 2.24) is 10.2 Å². The molecule has 4 heteroatoms. The lowest BCUT2D eigenvalue weighted by atomic mass is 10.1. The van der Waals surface area contributed by atoms with Crippen molar-refractivity contribution in [3.63, 3.8) is 0 Å². The van der Waals surface area contributed by atoms with Crippen LogP contribution in [0.25, 0.3) is 0 Å². The summed E-state index contributed by atoms with van der Waals surface area (Å²) >= 11 is 0. The number of rotatable bonds is 4. The highest BCUT2D eigenvalue weighted by atomic mass is 16.2. The van der Waals surface area contributed by atoms with Gasteiger partial charge in [0.05, 0.1) is 6.54 Å². The van der Waals surface area contributed by atoms with Crippen molar-refractivity contribution in [3.8, 4) is 0 Å². The fraction of sp³-hybridized carbons (Fsp3) is 0.636. The molecule has 1 atom stereocenters. The predicted molar refractivity (Wildman–Crippen MR) is 58.2 cm³/mol. The van der Waals surface area contributed by atoms with Crippen LogP contribution < -0.4 is 5.32 Å². The van der Waals surface area contributed by atoms with E-state index in [1.54, 1.807) is 4.90 Å².